The molecule has 8 nitrogen and oxygen atoms in total. The zero-order chi connectivity index (χ0) is 25.3. The number of sulfonamides is 1. The molecule has 5 rings (SSSR count). The maximum atomic E-state index is 13.2. The van der Waals surface area contributed by atoms with Crippen molar-refractivity contribution in [1.29, 1.82) is 0 Å². The van der Waals surface area contributed by atoms with Gasteiger partial charge in [-0.1, -0.05) is 32.1 Å². The molecule has 9 heteroatoms. The van der Waals surface area contributed by atoms with Crippen LogP contribution in [0.5, 0.6) is 0 Å². The van der Waals surface area contributed by atoms with E-state index in [-0.39, 0.29) is 29.0 Å². The van der Waals surface area contributed by atoms with Crippen LogP contribution >= 0.6 is 0 Å². The van der Waals surface area contributed by atoms with E-state index >= 15 is 0 Å². The first-order valence-electron chi connectivity index (χ1n) is 14.6. The van der Waals surface area contributed by atoms with Gasteiger partial charge in [0.25, 0.3) is 0 Å². The Hall–Kier alpha value is -1.19. The average Bonchev–Trinajstić information content (AvgIpc) is 3.67. The SMILES string of the molecule is NC1(C(=O)N2CCN(C(=O)C3CCC(C4CCCC(NS(=O)(=O)C5CCCCC5)C4)CC3)CC2)CC1. The quantitative estimate of drug-likeness (QED) is 0.557. The molecule has 5 fully saturated rings. The summed E-state index contributed by atoms with van der Waals surface area (Å²) in [5.74, 6) is 1.58. The topological polar surface area (TPSA) is 113 Å². The summed E-state index contributed by atoms with van der Waals surface area (Å²) in [6, 6.07) is 0.0809. The van der Waals surface area contributed by atoms with Gasteiger partial charge in [0, 0.05) is 38.1 Å². The molecule has 0 aromatic rings. The zero-order valence-corrected chi connectivity index (χ0v) is 22.7. The second-order valence-electron chi connectivity index (χ2n) is 12.4. The lowest BCUT2D eigenvalue weighted by atomic mass is 9.70. The van der Waals surface area contributed by atoms with Gasteiger partial charge in [-0.3, -0.25) is 9.59 Å². The Morgan fingerprint density at radius 1 is 0.750 bits per heavy atom. The molecule has 2 amide bonds. The van der Waals surface area contributed by atoms with E-state index in [1.165, 1.54) is 6.42 Å². The lowest BCUT2D eigenvalue weighted by Gasteiger charge is -2.41. The fourth-order valence-corrected chi connectivity index (χ4v) is 9.18. The maximum Gasteiger partial charge on any atom is 0.242 e. The highest BCUT2D eigenvalue weighted by Gasteiger charge is 2.48. The standard InChI is InChI=1S/C27H46N4O4S/c28-27(13-14-27)26(33)31-17-15-30(16-18-31)25(32)21-11-9-20(10-12-21)22-5-4-6-23(19-22)29-36(34,35)24-7-2-1-3-8-24/h20-24,29H,1-19,28H2. The molecule has 0 aromatic heterocycles. The fourth-order valence-electron chi connectivity index (χ4n) is 7.36. The summed E-state index contributed by atoms with van der Waals surface area (Å²) in [6.07, 6.45) is 14.6. The minimum absolute atomic E-state index is 0.0573. The predicted octanol–water partition coefficient (Wildman–Crippen LogP) is 2.77. The minimum atomic E-state index is -3.22. The van der Waals surface area contributed by atoms with E-state index in [1.54, 1.807) is 0 Å². The molecular weight excluding hydrogens is 476 g/mol. The molecule has 3 N–H and O–H groups in total. The van der Waals surface area contributed by atoms with Crippen molar-refractivity contribution in [2.24, 2.45) is 23.5 Å². The van der Waals surface area contributed by atoms with E-state index in [1.807, 2.05) is 9.80 Å². The maximum absolute atomic E-state index is 13.2. The van der Waals surface area contributed by atoms with Crippen molar-refractivity contribution >= 4 is 21.8 Å². The smallest absolute Gasteiger partial charge is 0.242 e. The molecule has 2 unspecified atom stereocenters. The second kappa shape index (κ2) is 10.9. The minimum Gasteiger partial charge on any atom is -0.339 e. The van der Waals surface area contributed by atoms with Crippen molar-refractivity contribution in [3.05, 3.63) is 0 Å². The van der Waals surface area contributed by atoms with Gasteiger partial charge < -0.3 is 15.5 Å². The fraction of sp³-hybridized carbons (Fsp3) is 0.926. The van der Waals surface area contributed by atoms with Crippen LogP contribution in [0.4, 0.5) is 0 Å². The largest absolute Gasteiger partial charge is 0.339 e. The van der Waals surface area contributed by atoms with Crippen LogP contribution in [-0.4, -0.2) is 73.0 Å². The molecule has 5 aliphatic rings. The molecule has 1 aliphatic heterocycles. The Kier molecular flexibility index (Phi) is 7.99. The van der Waals surface area contributed by atoms with Crippen LogP contribution in [0.2, 0.25) is 0 Å². The number of nitrogens with zero attached hydrogens (tertiary/aromatic N) is 2. The summed E-state index contributed by atoms with van der Waals surface area (Å²) < 4.78 is 29.0. The van der Waals surface area contributed by atoms with Gasteiger partial charge >= 0.3 is 0 Å². The third kappa shape index (κ3) is 5.93. The zero-order valence-electron chi connectivity index (χ0n) is 21.8. The number of amides is 2. The highest BCUT2D eigenvalue weighted by molar-refractivity contribution is 7.90. The van der Waals surface area contributed by atoms with Crippen LogP contribution in [-0.2, 0) is 19.6 Å². The van der Waals surface area contributed by atoms with Crippen LogP contribution in [0.25, 0.3) is 0 Å². The second-order valence-corrected chi connectivity index (χ2v) is 14.4. The number of nitrogens with one attached hydrogen (secondary N) is 1. The Morgan fingerprint density at radius 2 is 1.39 bits per heavy atom. The number of carbonyl (C=O) groups is 2. The van der Waals surface area contributed by atoms with E-state index in [9.17, 15) is 18.0 Å². The summed E-state index contributed by atoms with van der Waals surface area (Å²) in [4.78, 5) is 29.5. The molecule has 0 radical (unpaired) electrons. The van der Waals surface area contributed by atoms with Crippen LogP contribution in [0.3, 0.4) is 0 Å². The summed E-state index contributed by atoms with van der Waals surface area (Å²) in [7, 11) is -3.22. The molecular formula is C27H46N4O4S. The summed E-state index contributed by atoms with van der Waals surface area (Å²) in [5.41, 5.74) is 5.45. The first-order valence-corrected chi connectivity index (χ1v) is 16.2. The highest BCUT2D eigenvalue weighted by Crippen LogP contribution is 2.41. The lowest BCUT2D eigenvalue weighted by molar-refractivity contribution is -0.144. The Labute approximate surface area is 217 Å². The van der Waals surface area contributed by atoms with Crippen molar-refractivity contribution in [3.63, 3.8) is 0 Å². The van der Waals surface area contributed by atoms with Gasteiger partial charge in [0.15, 0.2) is 0 Å². The first-order chi connectivity index (χ1) is 17.2. The molecule has 0 aromatic carbocycles. The summed E-state index contributed by atoms with van der Waals surface area (Å²) in [5, 5.41) is -0.196. The summed E-state index contributed by atoms with van der Waals surface area (Å²) >= 11 is 0. The van der Waals surface area contributed by atoms with Gasteiger partial charge in [0.1, 0.15) is 0 Å². The molecule has 1 saturated heterocycles. The highest BCUT2D eigenvalue weighted by atomic mass is 32.2. The van der Waals surface area contributed by atoms with Gasteiger partial charge in [-0.2, -0.15) is 0 Å². The third-order valence-electron chi connectivity index (χ3n) is 9.92. The predicted molar refractivity (Wildman–Crippen MR) is 139 cm³/mol. The normalized spacial score (nSPS) is 33.8. The van der Waals surface area contributed by atoms with E-state index in [4.69, 9.17) is 5.73 Å². The molecule has 36 heavy (non-hydrogen) atoms. The van der Waals surface area contributed by atoms with Crippen LogP contribution in [0.15, 0.2) is 0 Å². The molecule has 0 bridgehead atoms. The number of hydrogen-bond donors (Lipinski definition) is 2. The van der Waals surface area contributed by atoms with Crippen molar-refractivity contribution in [2.45, 2.75) is 113 Å². The molecule has 0 spiro atoms. The molecule has 4 saturated carbocycles. The van der Waals surface area contributed by atoms with Crippen molar-refractivity contribution in [1.82, 2.24) is 14.5 Å². The van der Waals surface area contributed by atoms with Crippen LogP contribution < -0.4 is 10.5 Å². The van der Waals surface area contributed by atoms with Gasteiger partial charge in [0.2, 0.25) is 21.8 Å². The van der Waals surface area contributed by atoms with E-state index < -0.39 is 15.6 Å². The van der Waals surface area contributed by atoms with E-state index in [0.29, 0.717) is 38.0 Å². The Balaban J connectivity index is 1.06. The number of nitrogens with two attached hydrogens (primary N) is 1. The monoisotopic (exact) mass is 522 g/mol. The number of hydrogen-bond acceptors (Lipinski definition) is 5. The van der Waals surface area contributed by atoms with Gasteiger partial charge in [-0.05, 0) is 76.0 Å². The Bertz CT molecular complexity index is 899. The number of rotatable bonds is 6. The number of carbonyl (C=O) groups excluding carboxylic acids is 2. The average molecular weight is 523 g/mol. The van der Waals surface area contributed by atoms with Crippen LogP contribution in [0.1, 0.15) is 96.3 Å². The van der Waals surface area contributed by atoms with Crippen molar-refractivity contribution in [2.75, 3.05) is 26.2 Å². The Morgan fingerprint density at radius 3 is 2.03 bits per heavy atom. The summed E-state index contributed by atoms with van der Waals surface area (Å²) in [6.45, 7) is 2.43. The van der Waals surface area contributed by atoms with E-state index in [2.05, 4.69) is 4.72 Å². The van der Waals surface area contributed by atoms with Gasteiger partial charge in [-0.25, -0.2) is 13.1 Å². The van der Waals surface area contributed by atoms with Crippen molar-refractivity contribution < 1.29 is 18.0 Å². The molecule has 1 heterocycles. The molecule has 204 valence electrons. The molecule has 2 atom stereocenters. The van der Waals surface area contributed by atoms with Gasteiger partial charge in [-0.15, -0.1) is 0 Å². The van der Waals surface area contributed by atoms with Crippen LogP contribution in [0, 0.1) is 17.8 Å². The first kappa shape index (κ1) is 26.4. The lowest BCUT2D eigenvalue weighted by Crippen LogP contribution is -2.56. The van der Waals surface area contributed by atoms with E-state index in [0.717, 1.165) is 89.9 Å². The number of piperazine rings is 1. The molecule has 4 aliphatic carbocycles. The third-order valence-corrected chi connectivity index (χ3v) is 11.9. The van der Waals surface area contributed by atoms with Gasteiger partial charge in [0.05, 0.1) is 10.8 Å². The van der Waals surface area contributed by atoms with Crippen molar-refractivity contribution in [3.8, 4) is 0 Å².